The molecule has 12 heterocycles. The number of ether oxygens (including phenoxy) is 10. The molecule has 12 amide bonds. The molecular weight excluding hydrogens is 1670 g/mol. The van der Waals surface area contributed by atoms with Gasteiger partial charge in [0.25, 0.3) is 23.6 Å². The minimum Gasteiger partial charge on any atom is -0.497 e. The van der Waals surface area contributed by atoms with Crippen LogP contribution in [0.25, 0.3) is 0 Å². The van der Waals surface area contributed by atoms with Crippen molar-refractivity contribution in [2.75, 3.05) is 86.7 Å². The standard InChI is InChI=1S/C25H26N2O7.C23H21ClN2O5.2C23H21FN2O5/c1-5-33-22(28)20-18-13-34-19-12-16(32-4)10-11-17(19)21(18)27-24(30)26(23(29)25(20,27)2)14-6-8-15(31-3)9-7-14;1-3-30-20(27)18-16-12-31-17-7-5-4-6-15(17)19(16)26-22(29)25(21(28)23(18,26)2)14-10-8-13(24)9-11-14;1-3-30-20(27)18-16-12-31-17-10-5-4-9-15(17)19(16)26-22(29)25(21(28)23(18,26)2)14-8-6-7-13(24)11-14;1-3-30-20(27)18-16-12-31-17-7-5-4-6-15(17)19(16)26-22(29)25(21(28)23(18,26)2)14-10-8-13(24)9-11-14/h6-12,18,20-21H,5,13H2,1-4H3;3*4-11,16,18-19H,3,12H2,1-2H3/t18-,20+,21+,25+;16-,18+,19-,23-;2*16-,18+,19-,23+/m1111/s1. The molecule has 0 bridgehead atoms. The van der Waals surface area contributed by atoms with Crippen molar-refractivity contribution in [1.82, 2.24) is 19.6 Å². The van der Waals surface area contributed by atoms with E-state index >= 15 is 0 Å². The highest BCUT2D eigenvalue weighted by Gasteiger charge is 2.77. The Hall–Kier alpha value is -13.7. The van der Waals surface area contributed by atoms with E-state index in [9.17, 15) is 66.3 Å². The monoisotopic (exact) mass is 1750 g/mol. The molecule has 12 aliphatic rings. The first-order valence-electron chi connectivity index (χ1n) is 41.8. The number of carbonyl (C=O) groups is 12. The number of amides is 12. The van der Waals surface area contributed by atoms with Crippen LogP contribution in [0, 0.1) is 59.0 Å². The van der Waals surface area contributed by atoms with Crippen molar-refractivity contribution in [3.63, 3.8) is 0 Å². The number of esters is 4. The van der Waals surface area contributed by atoms with Crippen LogP contribution >= 0.6 is 11.6 Å². The highest BCUT2D eigenvalue weighted by molar-refractivity contribution is 6.31. The Kier molecular flexibility index (Phi) is 22.0. The SMILES string of the molecule is CCOC(=O)[C@@H]1[C@H]2COc3cc(OC)ccc3[C@@H]2N2C(=O)N(c3ccc(OC)cc3)C(=O)[C@]12C.CCOC(=O)[C@@H]1[C@H]2COc3ccccc3[C@H]2N2C(=O)N(c3ccc(Cl)cc3)C(=O)[C@@]12C.CCOC(=O)[C@@H]1[C@H]2COc3ccccc3[C@H]2N2C(=O)N(c3ccc(F)cc3)C(=O)[C@]12C.CCOC(=O)[C@@H]1[C@H]2COc3ccccc3[C@H]2N2C(=O)N(c3cccc(F)c3)C(=O)[C@]12C. The first-order chi connectivity index (χ1) is 61.0. The quantitative estimate of drug-likeness (QED) is 0.0554. The summed E-state index contributed by atoms with van der Waals surface area (Å²) in [6.07, 6.45) is 0. The number of hydrogen-bond acceptors (Lipinski definition) is 22. The van der Waals surface area contributed by atoms with Gasteiger partial charge in [-0.3, -0.25) is 38.4 Å². The van der Waals surface area contributed by atoms with Gasteiger partial charge in [-0.05, 0) is 177 Å². The predicted molar refractivity (Wildman–Crippen MR) is 449 cm³/mol. The Bertz CT molecular complexity index is 5680. The molecule has 0 spiro atoms. The maximum absolute atomic E-state index is 13.9. The summed E-state index contributed by atoms with van der Waals surface area (Å²) in [5, 5.41) is 0.498. The van der Waals surface area contributed by atoms with Crippen molar-refractivity contribution in [2.45, 2.75) is 102 Å². The van der Waals surface area contributed by atoms with Gasteiger partial charge < -0.3 is 67.0 Å². The lowest BCUT2D eigenvalue weighted by atomic mass is 9.77. The fourth-order valence-corrected chi connectivity index (χ4v) is 21.5. The molecule has 12 aliphatic heterocycles. The van der Waals surface area contributed by atoms with E-state index in [4.69, 9.17) is 59.0 Å². The molecule has 8 aromatic carbocycles. The Morgan fingerprint density at radius 1 is 0.346 bits per heavy atom. The molecule has 20 rings (SSSR count). The summed E-state index contributed by atoms with van der Waals surface area (Å²) in [5.41, 5.74) is -1.54. The molecule has 0 N–H and O–H groups in total. The average Bonchev–Trinajstić information content (AvgIpc) is 1.54. The van der Waals surface area contributed by atoms with E-state index in [2.05, 4.69) is 0 Å². The molecule has 8 aromatic rings. The lowest BCUT2D eigenvalue weighted by Crippen LogP contribution is -2.51. The Balaban J connectivity index is 0.000000119. The van der Waals surface area contributed by atoms with Gasteiger partial charge in [-0.1, -0.05) is 72.3 Å². The third-order valence-corrected chi connectivity index (χ3v) is 27.0. The summed E-state index contributed by atoms with van der Waals surface area (Å²) >= 11 is 5.99. The van der Waals surface area contributed by atoms with E-state index in [1.807, 2.05) is 66.7 Å². The average molecular weight is 1760 g/mol. The normalized spacial score (nSPS) is 28.2. The number of nitrogens with zero attached hydrogens (tertiary/aromatic N) is 8. The Labute approximate surface area is 732 Å². The van der Waals surface area contributed by atoms with Crippen molar-refractivity contribution >= 4 is 106 Å². The molecule has 0 saturated carbocycles. The van der Waals surface area contributed by atoms with Crippen molar-refractivity contribution in [2.24, 2.45) is 47.3 Å². The molecule has 30 nitrogen and oxygen atoms in total. The smallest absolute Gasteiger partial charge is 0.332 e. The lowest BCUT2D eigenvalue weighted by molar-refractivity contribution is -0.155. The predicted octanol–water partition coefficient (Wildman–Crippen LogP) is 13.6. The maximum atomic E-state index is 13.9. The van der Waals surface area contributed by atoms with E-state index in [1.54, 1.807) is 152 Å². The summed E-state index contributed by atoms with van der Waals surface area (Å²) in [7, 11) is 3.10. The van der Waals surface area contributed by atoms with Gasteiger partial charge in [-0.25, -0.2) is 47.6 Å². The number of benzene rings is 8. The molecule has 8 fully saturated rings. The van der Waals surface area contributed by atoms with Crippen molar-refractivity contribution in [3.8, 4) is 34.5 Å². The Morgan fingerprint density at radius 3 is 0.961 bits per heavy atom. The number of imide groups is 4. The third-order valence-electron chi connectivity index (χ3n) is 26.7. The summed E-state index contributed by atoms with van der Waals surface area (Å²) in [6.45, 7) is 14.8. The Morgan fingerprint density at radius 2 is 0.638 bits per heavy atom. The van der Waals surface area contributed by atoms with Gasteiger partial charge in [0.1, 0.15) is 68.3 Å². The second kappa shape index (κ2) is 32.7. The molecule has 0 aromatic heterocycles. The van der Waals surface area contributed by atoms with Crippen LogP contribution in [0.4, 0.5) is 50.7 Å². The molecule has 0 unspecified atom stereocenters. The van der Waals surface area contributed by atoms with Crippen LogP contribution in [-0.2, 0) is 57.3 Å². The highest BCUT2D eigenvalue weighted by atomic mass is 35.5. The first kappa shape index (κ1) is 85.5. The van der Waals surface area contributed by atoms with Crippen LogP contribution in [-0.4, -0.2) is 180 Å². The summed E-state index contributed by atoms with van der Waals surface area (Å²) < 4.78 is 82.9. The zero-order valence-electron chi connectivity index (χ0n) is 70.7. The molecule has 8 saturated heterocycles. The number of hydrogen-bond donors (Lipinski definition) is 0. The summed E-state index contributed by atoms with van der Waals surface area (Å²) in [4.78, 5) is 173. The van der Waals surface area contributed by atoms with Crippen LogP contribution in [0.3, 0.4) is 0 Å². The van der Waals surface area contributed by atoms with E-state index in [-0.39, 0.29) is 70.1 Å². The second-order valence-corrected chi connectivity index (χ2v) is 33.4. The largest absolute Gasteiger partial charge is 0.497 e. The highest BCUT2D eigenvalue weighted by Crippen LogP contribution is 2.64. The molecule has 0 radical (unpaired) electrons. The third kappa shape index (κ3) is 13.0. The molecule has 16 atom stereocenters. The molecular formula is C94H89ClF2N8O22. The first-order valence-corrected chi connectivity index (χ1v) is 42.2. The minimum atomic E-state index is -1.48. The number of fused-ring (bicyclic) bond motifs is 20. The van der Waals surface area contributed by atoms with Crippen LogP contribution in [0.2, 0.25) is 5.02 Å². The van der Waals surface area contributed by atoms with E-state index in [1.165, 1.54) is 52.3 Å². The van der Waals surface area contributed by atoms with Crippen molar-refractivity contribution in [3.05, 3.63) is 227 Å². The van der Waals surface area contributed by atoms with Gasteiger partial charge in [-0.2, -0.15) is 0 Å². The number of urea groups is 4. The number of methoxy groups -OCH3 is 2. The fourth-order valence-electron chi connectivity index (χ4n) is 21.4. The van der Waals surface area contributed by atoms with Crippen LogP contribution in [0.1, 0.15) is 102 Å². The lowest BCUT2D eigenvalue weighted by Gasteiger charge is -2.34. The molecule has 33 heteroatoms. The van der Waals surface area contributed by atoms with Crippen molar-refractivity contribution < 1.29 is 114 Å². The van der Waals surface area contributed by atoms with Gasteiger partial charge in [0, 0.05) is 57.0 Å². The number of rotatable bonds is 14. The molecule has 127 heavy (non-hydrogen) atoms. The summed E-state index contributed by atoms with van der Waals surface area (Å²) in [5.74, 6) is -6.73. The van der Waals surface area contributed by atoms with Gasteiger partial charge in [0.15, 0.2) is 0 Å². The number of halogens is 3. The number of anilines is 4. The fraction of sp³-hybridized carbons (Fsp3) is 0.362. The van der Waals surface area contributed by atoms with E-state index in [0.717, 1.165) is 47.9 Å². The van der Waals surface area contributed by atoms with Crippen LogP contribution in [0.5, 0.6) is 34.5 Å². The number of carbonyl (C=O) groups excluding carboxylic acids is 12. The second-order valence-electron chi connectivity index (χ2n) is 33.0. The van der Waals surface area contributed by atoms with E-state index in [0.29, 0.717) is 50.9 Å². The van der Waals surface area contributed by atoms with E-state index < -0.39 is 171 Å². The topological polar surface area (TPSA) is 323 Å². The van der Waals surface area contributed by atoms with Crippen LogP contribution in [0.15, 0.2) is 188 Å². The zero-order chi connectivity index (χ0) is 89.9. The van der Waals surface area contributed by atoms with Gasteiger partial charge in [0.05, 0.1) is 138 Å². The molecule has 0 aliphatic carbocycles. The summed E-state index contributed by atoms with van der Waals surface area (Å²) in [6, 6.07) is 46.9. The zero-order valence-corrected chi connectivity index (χ0v) is 71.4. The van der Waals surface area contributed by atoms with Gasteiger partial charge in [-0.15, -0.1) is 0 Å². The van der Waals surface area contributed by atoms with Gasteiger partial charge >= 0.3 is 48.0 Å². The molecule has 658 valence electrons. The maximum Gasteiger partial charge on any atom is 0.332 e. The van der Waals surface area contributed by atoms with Crippen LogP contribution < -0.4 is 48.0 Å². The number of para-hydroxylation sites is 3. The minimum absolute atomic E-state index is 0.130. The van der Waals surface area contributed by atoms with Gasteiger partial charge in [0.2, 0.25) is 0 Å². The van der Waals surface area contributed by atoms with Crippen molar-refractivity contribution in [1.29, 1.82) is 0 Å².